The van der Waals surface area contributed by atoms with E-state index >= 15 is 0 Å². The molecule has 3 rings (SSSR count). The Kier molecular flexibility index (Phi) is 4.85. The van der Waals surface area contributed by atoms with E-state index in [1.54, 1.807) is 12.1 Å². The summed E-state index contributed by atoms with van der Waals surface area (Å²) in [6, 6.07) is 13.5. The van der Waals surface area contributed by atoms with E-state index in [4.69, 9.17) is 4.74 Å². The molecule has 6 nitrogen and oxygen atoms in total. The number of amides is 1. The van der Waals surface area contributed by atoms with E-state index in [-0.39, 0.29) is 18.1 Å². The molecule has 1 saturated heterocycles. The highest BCUT2D eigenvalue weighted by molar-refractivity contribution is 5.94. The molecule has 0 bridgehead atoms. The van der Waals surface area contributed by atoms with Gasteiger partial charge in [0, 0.05) is 25.4 Å². The summed E-state index contributed by atoms with van der Waals surface area (Å²) in [5, 5.41) is 2.94. The maximum Gasteiger partial charge on any atom is 0.253 e. The first-order valence-electron chi connectivity index (χ1n) is 7.66. The lowest BCUT2D eigenvalue weighted by Gasteiger charge is -2.14. The highest BCUT2D eigenvalue weighted by atomic mass is 16.5. The number of hydrazine groups is 1. The molecular weight excluding hydrogens is 292 g/mol. The van der Waals surface area contributed by atoms with Gasteiger partial charge >= 0.3 is 0 Å². The zero-order valence-corrected chi connectivity index (χ0v) is 13.0. The van der Waals surface area contributed by atoms with Gasteiger partial charge in [-0.05, 0) is 18.6 Å². The lowest BCUT2D eigenvalue weighted by Crippen LogP contribution is -2.38. The van der Waals surface area contributed by atoms with Gasteiger partial charge in [-0.15, -0.1) is 0 Å². The number of carbonyl (C=O) groups is 1. The largest absolute Gasteiger partial charge is 0.470 e. The molecule has 2 heterocycles. The second-order valence-corrected chi connectivity index (χ2v) is 5.49. The van der Waals surface area contributed by atoms with Crippen LogP contribution in [0.3, 0.4) is 0 Å². The smallest absolute Gasteiger partial charge is 0.253 e. The Morgan fingerprint density at radius 2 is 1.96 bits per heavy atom. The van der Waals surface area contributed by atoms with Gasteiger partial charge < -0.3 is 10.1 Å². The summed E-state index contributed by atoms with van der Waals surface area (Å²) in [5.41, 5.74) is 7.56. The number of carbonyl (C=O) groups excluding carboxylic acids is 1. The van der Waals surface area contributed by atoms with Gasteiger partial charge in [-0.2, -0.15) is 0 Å². The standard InChI is InChI=1S/C17H20N4O2/c1-12(13-5-3-2-4-6-13)23-16-8-7-14(9-18-16)17(22)21-15-10-19-20-11-15/h2-9,12,15,19-20H,10-11H2,1H3,(H,21,22). The van der Waals surface area contributed by atoms with Crippen LogP contribution in [0.15, 0.2) is 48.7 Å². The van der Waals surface area contributed by atoms with E-state index in [0.717, 1.165) is 18.7 Å². The molecule has 3 N–H and O–H groups in total. The van der Waals surface area contributed by atoms with E-state index in [1.807, 2.05) is 37.3 Å². The van der Waals surface area contributed by atoms with Crippen LogP contribution in [0.2, 0.25) is 0 Å². The number of rotatable bonds is 5. The van der Waals surface area contributed by atoms with Crippen molar-refractivity contribution in [3.05, 3.63) is 59.8 Å². The van der Waals surface area contributed by atoms with Crippen LogP contribution in [-0.4, -0.2) is 30.0 Å². The molecule has 1 aliphatic heterocycles. The van der Waals surface area contributed by atoms with Crippen molar-refractivity contribution in [2.45, 2.75) is 19.1 Å². The summed E-state index contributed by atoms with van der Waals surface area (Å²) in [4.78, 5) is 16.3. The van der Waals surface area contributed by atoms with Crippen LogP contribution in [0.5, 0.6) is 5.88 Å². The second kappa shape index (κ2) is 7.21. The third-order valence-corrected chi connectivity index (χ3v) is 3.72. The highest BCUT2D eigenvalue weighted by Gasteiger charge is 2.17. The van der Waals surface area contributed by atoms with E-state index in [9.17, 15) is 4.79 Å². The Morgan fingerprint density at radius 1 is 1.22 bits per heavy atom. The lowest BCUT2D eigenvalue weighted by molar-refractivity contribution is 0.0941. The SMILES string of the molecule is CC(Oc1ccc(C(=O)NC2CNNC2)cn1)c1ccccc1. The Balaban J connectivity index is 1.59. The van der Waals surface area contributed by atoms with Crippen molar-refractivity contribution in [1.82, 2.24) is 21.2 Å². The summed E-state index contributed by atoms with van der Waals surface area (Å²) in [6.07, 6.45) is 1.44. The number of ether oxygens (including phenoxy) is 1. The van der Waals surface area contributed by atoms with Gasteiger partial charge in [0.25, 0.3) is 5.91 Å². The average molecular weight is 312 g/mol. The average Bonchev–Trinajstić information content (AvgIpc) is 3.09. The molecule has 23 heavy (non-hydrogen) atoms. The molecule has 1 amide bonds. The molecule has 1 fully saturated rings. The predicted molar refractivity (Wildman–Crippen MR) is 87.0 cm³/mol. The fourth-order valence-corrected chi connectivity index (χ4v) is 2.39. The van der Waals surface area contributed by atoms with E-state index in [2.05, 4.69) is 21.2 Å². The summed E-state index contributed by atoms with van der Waals surface area (Å²) >= 11 is 0. The van der Waals surface area contributed by atoms with Crippen molar-refractivity contribution in [1.29, 1.82) is 0 Å². The normalized spacial score (nSPS) is 16.0. The summed E-state index contributed by atoms with van der Waals surface area (Å²) in [5.74, 6) is 0.373. The summed E-state index contributed by atoms with van der Waals surface area (Å²) in [6.45, 7) is 3.40. The Hall–Kier alpha value is -2.44. The molecule has 1 aromatic heterocycles. The van der Waals surface area contributed by atoms with Crippen LogP contribution in [-0.2, 0) is 0 Å². The Bertz CT molecular complexity index is 639. The van der Waals surface area contributed by atoms with Gasteiger partial charge in [-0.3, -0.25) is 15.6 Å². The van der Waals surface area contributed by atoms with Crippen molar-refractivity contribution in [2.75, 3.05) is 13.1 Å². The van der Waals surface area contributed by atoms with Crippen LogP contribution >= 0.6 is 0 Å². The third kappa shape index (κ3) is 4.06. The molecule has 1 atom stereocenters. The van der Waals surface area contributed by atoms with Crippen molar-refractivity contribution in [2.24, 2.45) is 0 Å². The van der Waals surface area contributed by atoms with Gasteiger partial charge in [0.2, 0.25) is 5.88 Å². The van der Waals surface area contributed by atoms with Gasteiger partial charge in [0.15, 0.2) is 0 Å². The Morgan fingerprint density at radius 3 is 2.61 bits per heavy atom. The van der Waals surface area contributed by atoms with Gasteiger partial charge in [0.05, 0.1) is 11.6 Å². The molecule has 0 aliphatic carbocycles. The minimum Gasteiger partial charge on any atom is -0.470 e. The first-order chi connectivity index (χ1) is 11.2. The van der Waals surface area contributed by atoms with Gasteiger partial charge in [0.1, 0.15) is 6.10 Å². The second-order valence-electron chi connectivity index (χ2n) is 5.49. The fraction of sp³-hybridized carbons (Fsp3) is 0.294. The van der Waals surface area contributed by atoms with Crippen LogP contribution in [0.1, 0.15) is 28.9 Å². The molecular formula is C17H20N4O2. The molecule has 0 saturated carbocycles. The van der Waals surface area contributed by atoms with Crippen molar-refractivity contribution in [3.63, 3.8) is 0 Å². The van der Waals surface area contributed by atoms with E-state index in [1.165, 1.54) is 6.20 Å². The number of hydrogen-bond donors (Lipinski definition) is 3. The van der Waals surface area contributed by atoms with Crippen LogP contribution in [0.25, 0.3) is 0 Å². The van der Waals surface area contributed by atoms with E-state index in [0.29, 0.717) is 11.4 Å². The third-order valence-electron chi connectivity index (χ3n) is 3.72. The topological polar surface area (TPSA) is 75.3 Å². The maximum absolute atomic E-state index is 12.1. The van der Waals surface area contributed by atoms with Crippen molar-refractivity contribution >= 4 is 5.91 Å². The zero-order chi connectivity index (χ0) is 16.1. The zero-order valence-electron chi connectivity index (χ0n) is 13.0. The van der Waals surface area contributed by atoms with Crippen LogP contribution < -0.4 is 20.9 Å². The number of pyridine rings is 1. The molecule has 2 aromatic rings. The lowest BCUT2D eigenvalue weighted by atomic mass is 10.1. The quantitative estimate of drug-likeness (QED) is 0.779. The summed E-state index contributed by atoms with van der Waals surface area (Å²) in [7, 11) is 0. The molecule has 1 unspecified atom stereocenters. The van der Waals surface area contributed by atoms with Gasteiger partial charge in [-0.1, -0.05) is 30.3 Å². The van der Waals surface area contributed by atoms with Crippen LogP contribution in [0.4, 0.5) is 0 Å². The van der Waals surface area contributed by atoms with E-state index < -0.39 is 0 Å². The minimum atomic E-state index is -0.129. The molecule has 1 aliphatic rings. The maximum atomic E-state index is 12.1. The first-order valence-corrected chi connectivity index (χ1v) is 7.66. The number of aromatic nitrogens is 1. The molecule has 6 heteroatoms. The molecule has 1 aromatic carbocycles. The molecule has 0 spiro atoms. The van der Waals surface area contributed by atoms with Gasteiger partial charge in [-0.25, -0.2) is 4.98 Å². The molecule has 0 radical (unpaired) electrons. The predicted octanol–water partition coefficient (Wildman–Crippen LogP) is 1.43. The number of nitrogens with one attached hydrogen (secondary N) is 3. The highest BCUT2D eigenvalue weighted by Crippen LogP contribution is 2.19. The minimum absolute atomic E-state index is 0.0940. The Labute approximate surface area is 135 Å². The molecule has 120 valence electrons. The number of benzene rings is 1. The number of hydrogen-bond acceptors (Lipinski definition) is 5. The number of nitrogens with zero attached hydrogens (tertiary/aromatic N) is 1. The van der Waals surface area contributed by atoms with Crippen molar-refractivity contribution < 1.29 is 9.53 Å². The first kappa shape index (κ1) is 15.5. The monoisotopic (exact) mass is 312 g/mol. The summed E-state index contributed by atoms with van der Waals surface area (Å²) < 4.78 is 5.81. The van der Waals surface area contributed by atoms with Crippen molar-refractivity contribution in [3.8, 4) is 5.88 Å². The fourth-order valence-electron chi connectivity index (χ4n) is 2.39. The van der Waals surface area contributed by atoms with Crippen LogP contribution in [0, 0.1) is 0 Å².